The van der Waals surface area contributed by atoms with Gasteiger partial charge in [-0.1, -0.05) is 41.9 Å². The average molecular weight is 488 g/mol. The van der Waals surface area contributed by atoms with E-state index in [9.17, 15) is 9.59 Å². The topological polar surface area (TPSA) is 81.3 Å². The third-order valence-corrected chi connectivity index (χ3v) is 6.23. The van der Waals surface area contributed by atoms with Gasteiger partial charge in [0.1, 0.15) is 10.5 Å². The fourth-order valence-corrected chi connectivity index (χ4v) is 4.48. The van der Waals surface area contributed by atoms with Crippen LogP contribution in [0.5, 0.6) is 0 Å². The lowest BCUT2D eigenvalue weighted by atomic mass is 10.2. The minimum absolute atomic E-state index is 0.0348. The summed E-state index contributed by atoms with van der Waals surface area (Å²) in [5, 5.41) is 13.4. The summed E-state index contributed by atoms with van der Waals surface area (Å²) in [6, 6.07) is 9.75. The molecule has 3 aromatic heterocycles. The third-order valence-electron chi connectivity index (χ3n) is 4.81. The summed E-state index contributed by atoms with van der Waals surface area (Å²) >= 11 is 4.83. The largest absolute Gasteiger partial charge is 0.352 e. The molecular formula is C21H22BrN5O2S. The van der Waals surface area contributed by atoms with Crippen molar-refractivity contribution < 1.29 is 4.79 Å². The maximum absolute atomic E-state index is 12.9. The Balaban J connectivity index is 1.54. The second-order valence-electron chi connectivity index (χ2n) is 7.60. The molecule has 3 heterocycles. The van der Waals surface area contributed by atoms with Gasteiger partial charge in [0.2, 0.25) is 11.7 Å². The summed E-state index contributed by atoms with van der Waals surface area (Å²) in [4.78, 5) is 25.2. The van der Waals surface area contributed by atoms with Gasteiger partial charge >= 0.3 is 0 Å². The number of carbonyl (C=O) groups excluding carboxylic acids is 1. The van der Waals surface area contributed by atoms with Crippen LogP contribution in [0.3, 0.4) is 0 Å². The zero-order valence-corrected chi connectivity index (χ0v) is 19.2. The Morgan fingerprint density at radius 1 is 1.20 bits per heavy atom. The number of amides is 1. The molecule has 0 spiro atoms. The predicted octanol–water partition coefficient (Wildman–Crippen LogP) is 3.77. The van der Waals surface area contributed by atoms with Crippen molar-refractivity contribution in [1.82, 2.24) is 24.5 Å². The number of rotatable bonds is 7. The molecule has 0 saturated carbocycles. The SMILES string of the molecule is CC(C)Cn1c(=O)c2sccc2n2c(CCC(=O)NCc3ccc(Br)cc3)nnc12. The Morgan fingerprint density at radius 3 is 2.70 bits per heavy atom. The summed E-state index contributed by atoms with van der Waals surface area (Å²) in [7, 11) is 0. The molecule has 0 aliphatic rings. The molecule has 7 nitrogen and oxygen atoms in total. The molecule has 1 aromatic carbocycles. The number of nitrogens with zero attached hydrogens (tertiary/aromatic N) is 4. The van der Waals surface area contributed by atoms with Crippen LogP contribution in [-0.4, -0.2) is 25.1 Å². The molecule has 0 aliphatic carbocycles. The highest BCUT2D eigenvalue weighted by Gasteiger charge is 2.18. The zero-order chi connectivity index (χ0) is 21.3. The number of nitrogens with one attached hydrogen (secondary N) is 1. The van der Waals surface area contributed by atoms with Gasteiger partial charge in [0.05, 0.1) is 5.52 Å². The van der Waals surface area contributed by atoms with Crippen LogP contribution in [0.25, 0.3) is 16.0 Å². The van der Waals surface area contributed by atoms with Gasteiger partial charge in [-0.3, -0.25) is 18.6 Å². The van der Waals surface area contributed by atoms with Crippen LogP contribution in [0.2, 0.25) is 0 Å². The van der Waals surface area contributed by atoms with E-state index in [1.807, 2.05) is 40.1 Å². The van der Waals surface area contributed by atoms with Crippen molar-refractivity contribution in [2.75, 3.05) is 0 Å². The quantitative estimate of drug-likeness (QED) is 0.430. The molecule has 0 unspecified atom stereocenters. The number of thiophene rings is 1. The second kappa shape index (κ2) is 8.69. The van der Waals surface area contributed by atoms with Crippen LogP contribution in [0.15, 0.2) is 45.0 Å². The number of halogens is 1. The van der Waals surface area contributed by atoms with Crippen LogP contribution in [-0.2, 0) is 24.3 Å². The maximum atomic E-state index is 12.9. The van der Waals surface area contributed by atoms with E-state index in [1.165, 1.54) is 11.3 Å². The molecule has 0 radical (unpaired) electrons. The highest BCUT2D eigenvalue weighted by molar-refractivity contribution is 9.10. The molecule has 0 atom stereocenters. The van der Waals surface area contributed by atoms with E-state index in [4.69, 9.17) is 0 Å². The lowest BCUT2D eigenvalue weighted by molar-refractivity contribution is -0.121. The number of aromatic nitrogens is 4. The first-order valence-electron chi connectivity index (χ1n) is 9.79. The van der Waals surface area contributed by atoms with Crippen LogP contribution < -0.4 is 10.9 Å². The van der Waals surface area contributed by atoms with Gasteiger partial charge in [-0.2, -0.15) is 0 Å². The highest BCUT2D eigenvalue weighted by Crippen LogP contribution is 2.21. The number of carbonyl (C=O) groups is 1. The van der Waals surface area contributed by atoms with E-state index >= 15 is 0 Å². The summed E-state index contributed by atoms with van der Waals surface area (Å²) < 4.78 is 5.29. The first-order valence-corrected chi connectivity index (χ1v) is 11.5. The van der Waals surface area contributed by atoms with E-state index in [1.54, 1.807) is 4.57 Å². The molecule has 4 aromatic rings. The Labute approximate surface area is 185 Å². The lowest BCUT2D eigenvalue weighted by Gasteiger charge is -2.11. The second-order valence-corrected chi connectivity index (χ2v) is 9.43. The molecule has 30 heavy (non-hydrogen) atoms. The minimum atomic E-state index is -0.0493. The molecular weight excluding hydrogens is 466 g/mol. The summed E-state index contributed by atoms with van der Waals surface area (Å²) in [6.45, 7) is 5.18. The molecule has 1 N–H and O–H groups in total. The average Bonchev–Trinajstić information content (AvgIpc) is 3.36. The van der Waals surface area contributed by atoms with Crippen LogP contribution in [0.4, 0.5) is 0 Å². The molecule has 4 rings (SSSR count). The monoisotopic (exact) mass is 487 g/mol. The van der Waals surface area contributed by atoms with Crippen LogP contribution >= 0.6 is 27.3 Å². The van der Waals surface area contributed by atoms with Crippen LogP contribution in [0, 0.1) is 5.92 Å². The number of aryl methyl sites for hydroxylation is 1. The van der Waals surface area contributed by atoms with Crippen molar-refractivity contribution >= 4 is 49.2 Å². The normalized spacial score (nSPS) is 11.6. The van der Waals surface area contributed by atoms with Gasteiger partial charge in [0.25, 0.3) is 5.56 Å². The molecule has 0 saturated heterocycles. The number of fused-ring (bicyclic) bond motifs is 3. The molecule has 156 valence electrons. The molecule has 0 aliphatic heterocycles. The Bertz CT molecular complexity index is 1260. The predicted molar refractivity (Wildman–Crippen MR) is 122 cm³/mol. The summed E-state index contributed by atoms with van der Waals surface area (Å²) in [6.07, 6.45) is 0.741. The van der Waals surface area contributed by atoms with Gasteiger partial charge < -0.3 is 5.32 Å². The van der Waals surface area contributed by atoms with Gasteiger partial charge in [-0.25, -0.2) is 0 Å². The smallest absolute Gasteiger partial charge is 0.272 e. The Hall–Kier alpha value is -2.52. The van der Waals surface area contributed by atoms with Crippen molar-refractivity contribution in [1.29, 1.82) is 0 Å². The fourth-order valence-electron chi connectivity index (χ4n) is 3.39. The third kappa shape index (κ3) is 4.17. The Kier molecular flexibility index (Phi) is 6.01. The highest BCUT2D eigenvalue weighted by atomic mass is 79.9. The van der Waals surface area contributed by atoms with Gasteiger partial charge in [-0.15, -0.1) is 21.5 Å². The fraction of sp³-hybridized carbons (Fsp3) is 0.333. The van der Waals surface area contributed by atoms with Crippen molar-refractivity contribution in [3.05, 3.63) is 61.9 Å². The van der Waals surface area contributed by atoms with Crippen molar-refractivity contribution in [3.8, 4) is 0 Å². The molecule has 1 amide bonds. The van der Waals surface area contributed by atoms with Crippen molar-refractivity contribution in [2.24, 2.45) is 5.92 Å². The van der Waals surface area contributed by atoms with Crippen LogP contribution in [0.1, 0.15) is 31.7 Å². The molecule has 9 heteroatoms. The summed E-state index contributed by atoms with van der Waals surface area (Å²) in [5.41, 5.74) is 1.81. The van der Waals surface area contributed by atoms with E-state index in [-0.39, 0.29) is 11.5 Å². The number of hydrogen-bond acceptors (Lipinski definition) is 5. The van der Waals surface area contributed by atoms with E-state index in [0.717, 1.165) is 15.6 Å². The van der Waals surface area contributed by atoms with Crippen molar-refractivity contribution in [2.45, 2.75) is 39.8 Å². The van der Waals surface area contributed by atoms with Gasteiger partial charge in [-0.05, 0) is 35.1 Å². The molecule has 0 fully saturated rings. The first-order chi connectivity index (χ1) is 14.4. The number of hydrogen-bond donors (Lipinski definition) is 1. The van der Waals surface area contributed by atoms with Crippen molar-refractivity contribution in [3.63, 3.8) is 0 Å². The molecule has 0 bridgehead atoms. The van der Waals surface area contributed by atoms with E-state index < -0.39 is 0 Å². The van der Waals surface area contributed by atoms with Gasteiger partial charge in [0, 0.05) is 30.4 Å². The van der Waals surface area contributed by atoms with E-state index in [0.29, 0.717) is 48.2 Å². The van der Waals surface area contributed by atoms with Gasteiger partial charge in [0.15, 0.2) is 0 Å². The number of benzene rings is 1. The summed E-state index contributed by atoms with van der Waals surface area (Å²) in [5.74, 6) is 1.47. The lowest BCUT2D eigenvalue weighted by Crippen LogP contribution is -2.25. The minimum Gasteiger partial charge on any atom is -0.352 e. The Morgan fingerprint density at radius 2 is 1.97 bits per heavy atom. The maximum Gasteiger partial charge on any atom is 0.272 e. The standard InChI is InChI=1S/C21H22BrN5O2S/c1-13(2)12-26-20(29)19-16(9-10-30-19)27-17(24-25-21(26)27)7-8-18(28)23-11-14-3-5-15(22)6-4-14/h3-6,9-10,13H,7-8,11-12H2,1-2H3,(H,23,28). The first kappa shape index (κ1) is 20.7. The van der Waals surface area contributed by atoms with E-state index in [2.05, 4.69) is 45.3 Å². The zero-order valence-electron chi connectivity index (χ0n) is 16.8.